The van der Waals surface area contributed by atoms with Crippen LogP contribution < -0.4 is 14.2 Å². The largest absolute Gasteiger partial charge is 0.493 e. The van der Waals surface area contributed by atoms with Crippen LogP contribution >= 0.6 is 0 Å². The van der Waals surface area contributed by atoms with Crippen LogP contribution in [-0.2, 0) is 17.8 Å². The number of rotatable bonds is 8. The van der Waals surface area contributed by atoms with Crippen molar-refractivity contribution in [3.63, 3.8) is 0 Å². The second-order valence-corrected chi connectivity index (χ2v) is 7.62. The van der Waals surface area contributed by atoms with Crippen LogP contribution in [0.3, 0.4) is 0 Å². The second-order valence-electron chi connectivity index (χ2n) is 7.62. The Labute approximate surface area is 179 Å². The second kappa shape index (κ2) is 10.3. The third kappa shape index (κ3) is 5.25. The molecule has 1 amide bonds. The molecule has 0 N–H and O–H groups in total. The van der Waals surface area contributed by atoms with Gasteiger partial charge in [-0.1, -0.05) is 24.3 Å². The lowest BCUT2D eigenvalue weighted by Crippen LogP contribution is -2.48. The van der Waals surface area contributed by atoms with Gasteiger partial charge in [-0.3, -0.25) is 9.69 Å². The molecule has 0 spiro atoms. The third-order valence-electron chi connectivity index (χ3n) is 5.73. The van der Waals surface area contributed by atoms with E-state index < -0.39 is 0 Å². The van der Waals surface area contributed by atoms with E-state index in [-0.39, 0.29) is 5.91 Å². The van der Waals surface area contributed by atoms with E-state index in [1.807, 2.05) is 17.0 Å². The summed E-state index contributed by atoms with van der Waals surface area (Å²) in [6.07, 6.45) is 1.11. The molecule has 0 atom stereocenters. The van der Waals surface area contributed by atoms with Crippen molar-refractivity contribution >= 4 is 5.91 Å². The highest BCUT2D eigenvalue weighted by molar-refractivity contribution is 5.76. The van der Waals surface area contributed by atoms with Gasteiger partial charge in [0.1, 0.15) is 0 Å². The predicted octanol–water partition coefficient (Wildman–Crippen LogP) is 3.30. The molecule has 30 heavy (non-hydrogen) atoms. The summed E-state index contributed by atoms with van der Waals surface area (Å²) >= 11 is 0. The van der Waals surface area contributed by atoms with Gasteiger partial charge in [0.2, 0.25) is 11.7 Å². The van der Waals surface area contributed by atoms with Gasteiger partial charge >= 0.3 is 0 Å². The standard InChI is InChI=1S/C24H32N2O4/c1-18-7-5-6-8-20(18)17-25-11-13-26(14-12-25)23(27)10-9-19-15-21(28-2)24(30-4)22(16-19)29-3/h5-8,15-16H,9-14,17H2,1-4H3. The SMILES string of the molecule is COc1cc(CCC(=O)N2CCN(Cc3ccccc3C)CC2)cc(OC)c1OC. The molecule has 3 rings (SSSR count). The number of nitrogens with zero attached hydrogens (tertiary/aromatic N) is 2. The Hall–Kier alpha value is -2.73. The van der Waals surface area contributed by atoms with E-state index in [1.54, 1.807) is 21.3 Å². The number of ether oxygens (including phenoxy) is 3. The maximum Gasteiger partial charge on any atom is 0.222 e. The van der Waals surface area contributed by atoms with Crippen molar-refractivity contribution in [3.05, 3.63) is 53.1 Å². The molecule has 1 fully saturated rings. The summed E-state index contributed by atoms with van der Waals surface area (Å²) in [4.78, 5) is 17.1. The molecule has 1 saturated heterocycles. The highest BCUT2D eigenvalue weighted by Gasteiger charge is 2.22. The van der Waals surface area contributed by atoms with Gasteiger partial charge in [-0.05, 0) is 42.2 Å². The van der Waals surface area contributed by atoms with Crippen LogP contribution in [0.5, 0.6) is 17.2 Å². The quantitative estimate of drug-likeness (QED) is 0.666. The average Bonchev–Trinajstić information content (AvgIpc) is 2.78. The van der Waals surface area contributed by atoms with Crippen molar-refractivity contribution in [2.45, 2.75) is 26.3 Å². The number of aryl methyl sites for hydroxylation is 2. The summed E-state index contributed by atoms with van der Waals surface area (Å²) in [7, 11) is 4.79. The molecule has 0 saturated carbocycles. The van der Waals surface area contributed by atoms with Crippen molar-refractivity contribution in [1.82, 2.24) is 9.80 Å². The zero-order valence-corrected chi connectivity index (χ0v) is 18.4. The molecule has 0 unspecified atom stereocenters. The molecule has 1 aliphatic rings. The molecular formula is C24H32N2O4. The van der Waals surface area contributed by atoms with Gasteiger partial charge in [0.05, 0.1) is 21.3 Å². The van der Waals surface area contributed by atoms with Gasteiger partial charge in [-0.15, -0.1) is 0 Å². The number of amides is 1. The lowest BCUT2D eigenvalue weighted by molar-refractivity contribution is -0.133. The Bertz CT molecular complexity index is 835. The maximum absolute atomic E-state index is 12.7. The summed E-state index contributed by atoms with van der Waals surface area (Å²) in [5, 5.41) is 0. The van der Waals surface area contributed by atoms with Crippen LogP contribution in [0.25, 0.3) is 0 Å². The van der Waals surface area contributed by atoms with E-state index in [1.165, 1.54) is 11.1 Å². The van der Waals surface area contributed by atoms with Crippen molar-refractivity contribution in [3.8, 4) is 17.2 Å². The first kappa shape index (κ1) is 22.0. The molecule has 0 aliphatic carbocycles. The minimum Gasteiger partial charge on any atom is -0.493 e. The van der Waals surface area contributed by atoms with Gasteiger partial charge in [0, 0.05) is 39.1 Å². The molecule has 0 bridgehead atoms. The molecule has 0 aromatic heterocycles. The number of carbonyl (C=O) groups is 1. The number of carbonyl (C=O) groups excluding carboxylic acids is 1. The molecular weight excluding hydrogens is 380 g/mol. The Morgan fingerprint density at radius 1 is 0.933 bits per heavy atom. The zero-order chi connectivity index (χ0) is 21.5. The van der Waals surface area contributed by atoms with Crippen molar-refractivity contribution in [2.24, 2.45) is 0 Å². The summed E-state index contributed by atoms with van der Waals surface area (Å²) in [5.74, 6) is 1.99. The number of hydrogen-bond acceptors (Lipinski definition) is 5. The molecule has 0 radical (unpaired) electrons. The Morgan fingerprint density at radius 3 is 2.13 bits per heavy atom. The Kier molecular flexibility index (Phi) is 7.57. The van der Waals surface area contributed by atoms with Crippen molar-refractivity contribution in [1.29, 1.82) is 0 Å². The van der Waals surface area contributed by atoms with Crippen LogP contribution in [0.1, 0.15) is 23.1 Å². The minimum absolute atomic E-state index is 0.194. The van der Waals surface area contributed by atoms with Crippen LogP contribution in [0.15, 0.2) is 36.4 Å². The zero-order valence-electron chi connectivity index (χ0n) is 18.4. The van der Waals surface area contributed by atoms with Crippen molar-refractivity contribution < 1.29 is 19.0 Å². The third-order valence-corrected chi connectivity index (χ3v) is 5.73. The highest BCUT2D eigenvalue weighted by atomic mass is 16.5. The van der Waals surface area contributed by atoms with E-state index in [4.69, 9.17) is 14.2 Å². The fourth-order valence-electron chi connectivity index (χ4n) is 3.87. The van der Waals surface area contributed by atoms with Gasteiger partial charge < -0.3 is 19.1 Å². The smallest absolute Gasteiger partial charge is 0.222 e. The van der Waals surface area contributed by atoms with E-state index in [0.717, 1.165) is 38.3 Å². The highest BCUT2D eigenvalue weighted by Crippen LogP contribution is 2.38. The van der Waals surface area contributed by atoms with E-state index >= 15 is 0 Å². The topological polar surface area (TPSA) is 51.2 Å². The molecule has 162 valence electrons. The van der Waals surface area contributed by atoms with Crippen molar-refractivity contribution in [2.75, 3.05) is 47.5 Å². The average molecular weight is 413 g/mol. The van der Waals surface area contributed by atoms with Crippen LogP contribution in [0, 0.1) is 6.92 Å². The number of methoxy groups -OCH3 is 3. The fourth-order valence-corrected chi connectivity index (χ4v) is 3.87. The Balaban J connectivity index is 1.52. The number of piperazine rings is 1. The summed E-state index contributed by atoms with van der Waals surface area (Å²) in [5.41, 5.74) is 3.68. The first-order chi connectivity index (χ1) is 14.5. The van der Waals surface area contributed by atoms with Gasteiger partial charge in [-0.25, -0.2) is 0 Å². The minimum atomic E-state index is 0.194. The van der Waals surface area contributed by atoms with Gasteiger partial charge in [0.15, 0.2) is 11.5 Å². The first-order valence-electron chi connectivity index (χ1n) is 10.4. The maximum atomic E-state index is 12.7. The normalized spacial score (nSPS) is 14.5. The summed E-state index contributed by atoms with van der Waals surface area (Å²) in [6, 6.07) is 12.3. The van der Waals surface area contributed by atoms with Crippen LogP contribution in [0.4, 0.5) is 0 Å². The van der Waals surface area contributed by atoms with Crippen LogP contribution in [-0.4, -0.2) is 63.2 Å². The first-order valence-corrected chi connectivity index (χ1v) is 10.4. The lowest BCUT2D eigenvalue weighted by atomic mass is 10.1. The summed E-state index contributed by atoms with van der Waals surface area (Å²) in [6.45, 7) is 6.47. The molecule has 1 aliphatic heterocycles. The molecule has 6 nitrogen and oxygen atoms in total. The van der Waals surface area contributed by atoms with Gasteiger partial charge in [-0.2, -0.15) is 0 Å². The monoisotopic (exact) mass is 412 g/mol. The van der Waals surface area contributed by atoms with Crippen LogP contribution in [0.2, 0.25) is 0 Å². The Morgan fingerprint density at radius 2 is 1.57 bits per heavy atom. The fraction of sp³-hybridized carbons (Fsp3) is 0.458. The predicted molar refractivity (Wildman–Crippen MR) is 117 cm³/mol. The number of hydrogen-bond donors (Lipinski definition) is 0. The molecule has 2 aromatic rings. The van der Waals surface area contributed by atoms with E-state index in [2.05, 4.69) is 36.1 Å². The molecule has 1 heterocycles. The molecule has 2 aromatic carbocycles. The van der Waals surface area contributed by atoms with Gasteiger partial charge in [0.25, 0.3) is 0 Å². The number of benzene rings is 2. The summed E-state index contributed by atoms with van der Waals surface area (Å²) < 4.78 is 16.2. The van der Waals surface area contributed by atoms with E-state index in [9.17, 15) is 4.79 Å². The van der Waals surface area contributed by atoms with E-state index in [0.29, 0.717) is 30.1 Å². The molecule has 6 heteroatoms. The lowest BCUT2D eigenvalue weighted by Gasteiger charge is -2.35.